The quantitative estimate of drug-likeness (QED) is 0.688. The number of nitrogens with one attached hydrogen (secondary N) is 1. The lowest BCUT2D eigenvalue weighted by Gasteiger charge is -2.03. The lowest BCUT2D eigenvalue weighted by atomic mass is 10.2. The highest BCUT2D eigenvalue weighted by Gasteiger charge is 2.10. The molecule has 1 amide bonds. The number of carbonyl (C=O) groups is 1. The van der Waals surface area contributed by atoms with Crippen LogP contribution in [0.25, 0.3) is 0 Å². The van der Waals surface area contributed by atoms with E-state index in [0.717, 1.165) is 10.6 Å². The van der Waals surface area contributed by atoms with Gasteiger partial charge in [-0.15, -0.1) is 10.2 Å². The van der Waals surface area contributed by atoms with E-state index in [1.165, 1.54) is 11.3 Å². The first-order valence-corrected chi connectivity index (χ1v) is 8.47. The fourth-order valence-corrected chi connectivity index (χ4v) is 2.89. The third-order valence-corrected chi connectivity index (χ3v) is 4.31. The van der Waals surface area contributed by atoms with Crippen LogP contribution in [0.1, 0.15) is 10.6 Å². The fourth-order valence-electron chi connectivity index (χ4n) is 1.87. The normalized spacial score (nSPS) is 10.4. The van der Waals surface area contributed by atoms with Crippen LogP contribution in [-0.2, 0) is 6.42 Å². The van der Waals surface area contributed by atoms with Crippen LogP contribution >= 0.6 is 34.5 Å². The summed E-state index contributed by atoms with van der Waals surface area (Å²) in [7, 11) is 0. The number of rotatable bonds is 4. The van der Waals surface area contributed by atoms with E-state index in [0.29, 0.717) is 27.3 Å². The number of amides is 1. The Balaban J connectivity index is 1.58. The van der Waals surface area contributed by atoms with Crippen LogP contribution in [0.5, 0.6) is 5.75 Å². The summed E-state index contributed by atoms with van der Waals surface area (Å²) in [6.07, 6.45) is -0.0190. The molecule has 1 heterocycles. The molecule has 0 atom stereocenters. The van der Waals surface area contributed by atoms with Gasteiger partial charge in [0.2, 0.25) is 5.13 Å². The molecule has 0 aliphatic rings. The number of anilines is 1. The molecule has 0 radical (unpaired) electrons. The highest BCUT2D eigenvalue weighted by Crippen LogP contribution is 2.21. The van der Waals surface area contributed by atoms with Crippen LogP contribution < -0.4 is 10.1 Å². The monoisotopic (exact) mass is 379 g/mol. The Hall–Kier alpha value is -2.15. The number of carbonyl (C=O) groups excluding carboxylic acids is 1. The Kier molecular flexibility index (Phi) is 5.30. The molecule has 0 aliphatic carbocycles. The highest BCUT2D eigenvalue weighted by atomic mass is 35.5. The molecule has 122 valence electrons. The van der Waals surface area contributed by atoms with Crippen molar-refractivity contribution >= 4 is 45.8 Å². The average Bonchev–Trinajstić information content (AvgIpc) is 2.99. The molecule has 1 N–H and O–H groups in total. The Bertz CT molecular complexity index is 835. The summed E-state index contributed by atoms with van der Waals surface area (Å²) in [6.45, 7) is 0. The SMILES string of the molecule is O=C(Nc1nnc(Cc2ccc(Cl)cc2)s1)Oc1ccc(Cl)cc1. The van der Waals surface area contributed by atoms with Crippen LogP contribution in [-0.4, -0.2) is 16.3 Å². The van der Waals surface area contributed by atoms with Crippen molar-refractivity contribution in [2.75, 3.05) is 5.32 Å². The smallest absolute Gasteiger partial charge is 0.410 e. The number of benzene rings is 2. The molecule has 2 aromatic carbocycles. The summed E-state index contributed by atoms with van der Waals surface area (Å²) in [4.78, 5) is 11.8. The van der Waals surface area contributed by atoms with Crippen LogP contribution in [0, 0.1) is 0 Å². The largest absolute Gasteiger partial charge is 0.418 e. The molecule has 3 rings (SSSR count). The van der Waals surface area contributed by atoms with Crippen molar-refractivity contribution in [2.24, 2.45) is 0 Å². The number of aromatic nitrogens is 2. The van der Waals surface area contributed by atoms with Crippen molar-refractivity contribution in [2.45, 2.75) is 6.42 Å². The standard InChI is InChI=1S/C16H11Cl2N3O2S/c17-11-3-1-10(2-4-11)9-14-20-21-15(24-14)19-16(22)23-13-7-5-12(18)6-8-13/h1-8H,9H2,(H,19,21,22). The van der Waals surface area contributed by atoms with Gasteiger partial charge in [0.05, 0.1) is 0 Å². The molecule has 0 bridgehead atoms. The van der Waals surface area contributed by atoms with Crippen LogP contribution in [0.4, 0.5) is 9.93 Å². The molecule has 0 spiro atoms. The summed E-state index contributed by atoms with van der Waals surface area (Å²) in [5, 5.41) is 12.9. The Morgan fingerprint density at radius 3 is 2.29 bits per heavy atom. The first-order chi connectivity index (χ1) is 11.6. The van der Waals surface area contributed by atoms with Crippen LogP contribution in [0.2, 0.25) is 10.0 Å². The molecule has 0 fully saturated rings. The van der Waals surface area contributed by atoms with Gasteiger partial charge in [-0.3, -0.25) is 5.32 Å². The number of hydrogen-bond donors (Lipinski definition) is 1. The van der Waals surface area contributed by atoms with Gasteiger partial charge in [0.25, 0.3) is 0 Å². The van der Waals surface area contributed by atoms with Gasteiger partial charge in [-0.2, -0.15) is 0 Å². The minimum Gasteiger partial charge on any atom is -0.410 e. The first-order valence-electron chi connectivity index (χ1n) is 6.90. The van der Waals surface area contributed by atoms with Crippen molar-refractivity contribution in [3.05, 3.63) is 69.1 Å². The van der Waals surface area contributed by atoms with E-state index in [4.69, 9.17) is 27.9 Å². The van der Waals surface area contributed by atoms with E-state index in [-0.39, 0.29) is 0 Å². The second-order valence-corrected chi connectivity index (χ2v) is 6.71. The lowest BCUT2D eigenvalue weighted by molar-refractivity contribution is 0.215. The average molecular weight is 380 g/mol. The zero-order valence-corrected chi connectivity index (χ0v) is 14.5. The number of halogens is 2. The molecule has 3 aromatic rings. The highest BCUT2D eigenvalue weighted by molar-refractivity contribution is 7.15. The predicted octanol–water partition coefficient (Wildman–Crippen LogP) is 5.05. The van der Waals surface area contributed by atoms with E-state index in [1.807, 2.05) is 24.3 Å². The zero-order chi connectivity index (χ0) is 16.9. The van der Waals surface area contributed by atoms with Crippen molar-refractivity contribution in [1.82, 2.24) is 10.2 Å². The van der Waals surface area contributed by atoms with Crippen molar-refractivity contribution in [3.8, 4) is 5.75 Å². The summed E-state index contributed by atoms with van der Waals surface area (Å²) >= 11 is 12.9. The predicted molar refractivity (Wildman–Crippen MR) is 95.3 cm³/mol. The van der Waals surface area contributed by atoms with Crippen LogP contribution in [0.3, 0.4) is 0 Å². The zero-order valence-electron chi connectivity index (χ0n) is 12.2. The van der Waals surface area contributed by atoms with E-state index in [2.05, 4.69) is 15.5 Å². The Morgan fingerprint density at radius 1 is 1.00 bits per heavy atom. The van der Waals surface area contributed by atoms with Crippen molar-refractivity contribution in [3.63, 3.8) is 0 Å². The molecule has 5 nitrogen and oxygen atoms in total. The van der Waals surface area contributed by atoms with Gasteiger partial charge in [-0.05, 0) is 42.0 Å². The van der Waals surface area contributed by atoms with Gasteiger partial charge < -0.3 is 4.74 Å². The summed E-state index contributed by atoms with van der Waals surface area (Å²) in [5.41, 5.74) is 1.06. The van der Waals surface area contributed by atoms with Crippen molar-refractivity contribution in [1.29, 1.82) is 0 Å². The summed E-state index contributed by atoms with van der Waals surface area (Å²) in [5.74, 6) is 0.391. The van der Waals surface area contributed by atoms with Gasteiger partial charge in [-0.25, -0.2) is 4.79 Å². The second-order valence-electron chi connectivity index (χ2n) is 4.77. The molecule has 1 aromatic heterocycles. The van der Waals surface area contributed by atoms with E-state index in [9.17, 15) is 4.79 Å². The lowest BCUT2D eigenvalue weighted by Crippen LogP contribution is -2.16. The van der Waals surface area contributed by atoms with Gasteiger partial charge in [0, 0.05) is 16.5 Å². The third-order valence-electron chi connectivity index (χ3n) is 2.97. The minimum atomic E-state index is -0.633. The van der Waals surface area contributed by atoms with Gasteiger partial charge in [0.15, 0.2) is 0 Å². The third kappa shape index (κ3) is 4.67. The first kappa shape index (κ1) is 16.7. The minimum absolute atomic E-state index is 0.373. The second kappa shape index (κ2) is 7.61. The molecule has 0 saturated heterocycles. The maximum atomic E-state index is 11.8. The molecule has 0 unspecified atom stereocenters. The molecule has 0 aliphatic heterocycles. The van der Waals surface area contributed by atoms with Crippen LogP contribution in [0.15, 0.2) is 48.5 Å². The van der Waals surface area contributed by atoms with Crippen molar-refractivity contribution < 1.29 is 9.53 Å². The Labute approximate surface area is 152 Å². The number of nitrogens with zero attached hydrogens (tertiary/aromatic N) is 2. The fraction of sp³-hybridized carbons (Fsp3) is 0.0625. The molecular weight excluding hydrogens is 369 g/mol. The van der Waals surface area contributed by atoms with E-state index >= 15 is 0 Å². The molecular formula is C16H11Cl2N3O2S. The van der Waals surface area contributed by atoms with Gasteiger partial charge >= 0.3 is 6.09 Å². The number of hydrogen-bond acceptors (Lipinski definition) is 5. The Morgan fingerprint density at radius 2 is 1.62 bits per heavy atom. The molecule has 0 saturated carbocycles. The summed E-state index contributed by atoms with van der Waals surface area (Å²) in [6, 6.07) is 14.0. The maximum Gasteiger partial charge on any atom is 0.418 e. The number of ether oxygens (including phenoxy) is 1. The summed E-state index contributed by atoms with van der Waals surface area (Å²) < 4.78 is 5.13. The topological polar surface area (TPSA) is 64.1 Å². The van der Waals surface area contributed by atoms with E-state index in [1.54, 1.807) is 24.3 Å². The van der Waals surface area contributed by atoms with E-state index < -0.39 is 6.09 Å². The molecule has 8 heteroatoms. The van der Waals surface area contributed by atoms with Gasteiger partial charge in [0.1, 0.15) is 10.8 Å². The molecule has 24 heavy (non-hydrogen) atoms. The van der Waals surface area contributed by atoms with Gasteiger partial charge in [-0.1, -0.05) is 46.7 Å². The maximum absolute atomic E-state index is 11.8.